The van der Waals surface area contributed by atoms with Crippen LogP contribution in [0.4, 0.5) is 0 Å². The molecular weight excluding hydrogens is 270 g/mol. The summed E-state index contributed by atoms with van der Waals surface area (Å²) in [5.41, 5.74) is 0.290. The molecule has 2 N–H and O–H groups in total. The Kier molecular flexibility index (Phi) is 4.44. The number of furan rings is 1. The van der Waals surface area contributed by atoms with E-state index in [1.165, 1.54) is 17.2 Å². The van der Waals surface area contributed by atoms with E-state index < -0.39 is 6.04 Å². The van der Waals surface area contributed by atoms with Crippen molar-refractivity contribution < 1.29 is 14.0 Å². The molecule has 104 valence electrons. The molecule has 2 amide bonds. The molecule has 2 heterocycles. The van der Waals surface area contributed by atoms with E-state index in [-0.39, 0.29) is 22.6 Å². The van der Waals surface area contributed by atoms with Crippen LogP contribution < -0.4 is 10.6 Å². The molecule has 1 atom stereocenters. The molecule has 0 radical (unpaired) electrons. The van der Waals surface area contributed by atoms with Gasteiger partial charge < -0.3 is 20.0 Å². The molecule has 0 spiro atoms. The summed E-state index contributed by atoms with van der Waals surface area (Å²) >= 11 is 5.81. The zero-order valence-electron chi connectivity index (χ0n) is 10.6. The van der Waals surface area contributed by atoms with Crippen molar-refractivity contribution in [3.8, 4) is 0 Å². The fourth-order valence-corrected chi connectivity index (χ4v) is 2.27. The molecule has 1 aromatic rings. The molecule has 19 heavy (non-hydrogen) atoms. The number of carbonyl (C=O) groups is 2. The summed E-state index contributed by atoms with van der Waals surface area (Å²) in [5.74, 6) is -0.445. The molecule has 6 nitrogen and oxygen atoms in total. The number of hydrogen-bond donors (Lipinski definition) is 2. The number of halogens is 1. The second-order valence-corrected chi connectivity index (χ2v) is 4.56. The van der Waals surface area contributed by atoms with Gasteiger partial charge in [-0.25, -0.2) is 0 Å². The van der Waals surface area contributed by atoms with Gasteiger partial charge in [-0.3, -0.25) is 9.59 Å². The number of rotatable bonds is 3. The maximum absolute atomic E-state index is 12.4. The van der Waals surface area contributed by atoms with E-state index in [0.29, 0.717) is 26.2 Å². The Morgan fingerprint density at radius 1 is 1.63 bits per heavy atom. The first kappa shape index (κ1) is 13.9. The standard InChI is InChI=1S/C12H16ClN3O3/c1-2-15-11(17)9-7-14-4-5-16(9)12(18)8-3-6-19-10(8)13/h3,6,9,14H,2,4-5,7H2,1H3,(H,15,17). The molecule has 7 heteroatoms. The summed E-state index contributed by atoms with van der Waals surface area (Å²) in [7, 11) is 0. The summed E-state index contributed by atoms with van der Waals surface area (Å²) in [6, 6.07) is 0.994. The second kappa shape index (κ2) is 6.08. The van der Waals surface area contributed by atoms with Crippen LogP contribution in [0.15, 0.2) is 16.7 Å². The van der Waals surface area contributed by atoms with Crippen LogP contribution in [0.1, 0.15) is 17.3 Å². The maximum Gasteiger partial charge on any atom is 0.259 e. The summed E-state index contributed by atoms with van der Waals surface area (Å²) < 4.78 is 4.92. The number of piperazine rings is 1. The van der Waals surface area contributed by atoms with Gasteiger partial charge in [-0.1, -0.05) is 0 Å². The van der Waals surface area contributed by atoms with Gasteiger partial charge in [0.15, 0.2) is 0 Å². The number of carbonyl (C=O) groups excluding carboxylic acids is 2. The minimum absolute atomic E-state index is 0.0539. The molecule has 1 aliphatic rings. The average Bonchev–Trinajstić information content (AvgIpc) is 2.84. The predicted octanol–water partition coefficient (Wildman–Crippen LogP) is 0.483. The third kappa shape index (κ3) is 2.90. The van der Waals surface area contributed by atoms with E-state index >= 15 is 0 Å². The van der Waals surface area contributed by atoms with E-state index in [1.54, 1.807) is 0 Å². The Hall–Kier alpha value is -1.53. The molecular formula is C12H16ClN3O3. The van der Waals surface area contributed by atoms with Crippen molar-refractivity contribution in [2.45, 2.75) is 13.0 Å². The molecule has 1 aromatic heterocycles. The lowest BCUT2D eigenvalue weighted by atomic mass is 10.1. The van der Waals surface area contributed by atoms with Crippen molar-refractivity contribution in [2.24, 2.45) is 0 Å². The molecule has 1 aliphatic heterocycles. The summed E-state index contributed by atoms with van der Waals surface area (Å²) in [5, 5.41) is 5.89. The average molecular weight is 286 g/mol. The monoisotopic (exact) mass is 285 g/mol. The zero-order valence-corrected chi connectivity index (χ0v) is 11.4. The highest BCUT2D eigenvalue weighted by Gasteiger charge is 2.33. The van der Waals surface area contributed by atoms with Gasteiger partial charge in [-0.05, 0) is 24.6 Å². The van der Waals surface area contributed by atoms with Crippen LogP contribution in [0.5, 0.6) is 0 Å². The highest BCUT2D eigenvalue weighted by atomic mass is 35.5. The lowest BCUT2D eigenvalue weighted by molar-refractivity contribution is -0.126. The molecule has 1 fully saturated rings. The van der Waals surface area contributed by atoms with Crippen LogP contribution in [0.25, 0.3) is 0 Å². The molecule has 0 saturated carbocycles. The van der Waals surface area contributed by atoms with Gasteiger partial charge in [0.1, 0.15) is 6.04 Å². The van der Waals surface area contributed by atoms with Crippen molar-refractivity contribution in [3.05, 3.63) is 23.1 Å². The first-order chi connectivity index (χ1) is 9.15. The summed E-state index contributed by atoms with van der Waals surface area (Å²) in [6.45, 7) is 3.92. The number of hydrogen-bond acceptors (Lipinski definition) is 4. The summed E-state index contributed by atoms with van der Waals surface area (Å²) in [4.78, 5) is 25.9. The van der Waals surface area contributed by atoms with E-state index in [2.05, 4.69) is 10.6 Å². The molecule has 1 saturated heterocycles. The third-order valence-electron chi connectivity index (χ3n) is 3.01. The van der Waals surface area contributed by atoms with E-state index in [1.807, 2.05) is 6.92 Å². The molecule has 2 rings (SSSR count). The van der Waals surface area contributed by atoms with E-state index in [4.69, 9.17) is 16.0 Å². The van der Waals surface area contributed by atoms with Crippen molar-refractivity contribution in [2.75, 3.05) is 26.2 Å². The van der Waals surface area contributed by atoms with Crippen LogP contribution in [0, 0.1) is 0 Å². The third-order valence-corrected chi connectivity index (χ3v) is 3.30. The Morgan fingerprint density at radius 2 is 2.42 bits per heavy atom. The Morgan fingerprint density at radius 3 is 3.05 bits per heavy atom. The Bertz CT molecular complexity index is 475. The van der Waals surface area contributed by atoms with Gasteiger partial charge in [-0.2, -0.15) is 0 Å². The van der Waals surface area contributed by atoms with Crippen molar-refractivity contribution in [3.63, 3.8) is 0 Å². The smallest absolute Gasteiger partial charge is 0.259 e. The van der Waals surface area contributed by atoms with Gasteiger partial charge in [0.25, 0.3) is 5.91 Å². The Balaban J connectivity index is 2.18. The first-order valence-electron chi connectivity index (χ1n) is 6.17. The van der Waals surface area contributed by atoms with Gasteiger partial charge in [-0.15, -0.1) is 0 Å². The number of likely N-dealkylation sites (N-methyl/N-ethyl adjacent to an activating group) is 1. The topological polar surface area (TPSA) is 74.6 Å². The number of nitrogens with one attached hydrogen (secondary N) is 2. The van der Waals surface area contributed by atoms with Crippen LogP contribution >= 0.6 is 11.6 Å². The van der Waals surface area contributed by atoms with Gasteiger partial charge in [0.05, 0.1) is 11.8 Å². The second-order valence-electron chi connectivity index (χ2n) is 4.22. The van der Waals surface area contributed by atoms with Gasteiger partial charge in [0, 0.05) is 26.2 Å². The maximum atomic E-state index is 12.4. The normalized spacial score (nSPS) is 19.3. The van der Waals surface area contributed by atoms with Crippen LogP contribution in [0.2, 0.25) is 5.22 Å². The highest BCUT2D eigenvalue weighted by molar-refractivity contribution is 6.32. The largest absolute Gasteiger partial charge is 0.452 e. The molecule has 0 bridgehead atoms. The fraction of sp³-hybridized carbons (Fsp3) is 0.500. The van der Waals surface area contributed by atoms with Crippen molar-refractivity contribution in [1.82, 2.24) is 15.5 Å². The quantitative estimate of drug-likeness (QED) is 0.847. The van der Waals surface area contributed by atoms with E-state index in [9.17, 15) is 9.59 Å². The lowest BCUT2D eigenvalue weighted by Gasteiger charge is -2.34. The molecule has 0 aliphatic carbocycles. The number of amides is 2. The van der Waals surface area contributed by atoms with Crippen LogP contribution in [-0.2, 0) is 4.79 Å². The minimum Gasteiger partial charge on any atom is -0.452 e. The van der Waals surface area contributed by atoms with Gasteiger partial charge in [0.2, 0.25) is 11.1 Å². The van der Waals surface area contributed by atoms with Gasteiger partial charge >= 0.3 is 0 Å². The van der Waals surface area contributed by atoms with Crippen molar-refractivity contribution in [1.29, 1.82) is 0 Å². The van der Waals surface area contributed by atoms with Crippen LogP contribution in [0.3, 0.4) is 0 Å². The highest BCUT2D eigenvalue weighted by Crippen LogP contribution is 2.20. The Labute approximate surface area is 116 Å². The SMILES string of the molecule is CCNC(=O)C1CNCCN1C(=O)c1ccoc1Cl. The first-order valence-corrected chi connectivity index (χ1v) is 6.55. The number of nitrogens with zero attached hydrogens (tertiary/aromatic N) is 1. The fourth-order valence-electron chi connectivity index (χ4n) is 2.07. The zero-order chi connectivity index (χ0) is 13.8. The van der Waals surface area contributed by atoms with Crippen LogP contribution in [-0.4, -0.2) is 48.9 Å². The molecule has 1 unspecified atom stereocenters. The van der Waals surface area contributed by atoms with Crippen molar-refractivity contribution >= 4 is 23.4 Å². The minimum atomic E-state index is -0.521. The lowest BCUT2D eigenvalue weighted by Crippen LogP contribution is -2.59. The predicted molar refractivity (Wildman–Crippen MR) is 70.1 cm³/mol. The van der Waals surface area contributed by atoms with E-state index in [0.717, 1.165) is 0 Å². The summed E-state index contributed by atoms with van der Waals surface area (Å²) in [6.07, 6.45) is 1.36. The molecule has 0 aromatic carbocycles.